The first-order chi connectivity index (χ1) is 17.1. The van der Waals surface area contributed by atoms with Gasteiger partial charge in [0.2, 0.25) is 5.91 Å². The van der Waals surface area contributed by atoms with Crippen molar-refractivity contribution in [2.45, 2.75) is 85.0 Å². The summed E-state index contributed by atoms with van der Waals surface area (Å²) in [6, 6.07) is 9.30. The normalized spacial score (nSPS) is 13.3. The Morgan fingerprint density at radius 1 is 1.05 bits per heavy atom. The third-order valence-electron chi connectivity index (χ3n) is 6.04. The monoisotopic (exact) mass is 531 g/mol. The van der Waals surface area contributed by atoms with Crippen LogP contribution in [0.25, 0.3) is 0 Å². The summed E-state index contributed by atoms with van der Waals surface area (Å²) in [6.45, 7) is 14.2. The van der Waals surface area contributed by atoms with Crippen LogP contribution in [0, 0.1) is 6.92 Å². The summed E-state index contributed by atoms with van der Waals surface area (Å²) in [7, 11) is 0. The molecule has 0 aliphatic heterocycles. The van der Waals surface area contributed by atoms with Gasteiger partial charge in [-0.25, -0.2) is 4.79 Å². The first kappa shape index (κ1) is 30.0. The highest BCUT2D eigenvalue weighted by Crippen LogP contribution is 2.35. The lowest BCUT2D eigenvalue weighted by atomic mass is 9.92. The quantitative estimate of drug-likeness (QED) is 0.389. The number of phenols is 1. The van der Waals surface area contributed by atoms with Crippen molar-refractivity contribution in [2.24, 2.45) is 0 Å². The second kappa shape index (κ2) is 11.9. The van der Waals surface area contributed by atoms with Gasteiger partial charge in [-0.1, -0.05) is 42.8 Å². The molecular formula is C28H38ClN3O5. The molecule has 202 valence electrons. The molecule has 0 saturated heterocycles. The van der Waals surface area contributed by atoms with Gasteiger partial charge in [0.15, 0.2) is 0 Å². The number of para-hydroxylation sites is 1. The van der Waals surface area contributed by atoms with E-state index in [0.29, 0.717) is 22.7 Å². The molecule has 3 amide bonds. The molecule has 8 nitrogen and oxygen atoms in total. The van der Waals surface area contributed by atoms with E-state index in [9.17, 15) is 19.5 Å². The maximum absolute atomic E-state index is 13.9. The topological polar surface area (TPSA) is 108 Å². The number of anilines is 1. The van der Waals surface area contributed by atoms with Crippen LogP contribution in [-0.2, 0) is 14.3 Å². The maximum atomic E-state index is 13.9. The van der Waals surface area contributed by atoms with Crippen molar-refractivity contribution >= 4 is 35.2 Å². The summed E-state index contributed by atoms with van der Waals surface area (Å²) in [4.78, 5) is 41.7. The number of aromatic hydroxyl groups is 1. The maximum Gasteiger partial charge on any atom is 0.408 e. The molecule has 0 aliphatic carbocycles. The zero-order valence-corrected chi connectivity index (χ0v) is 23.6. The van der Waals surface area contributed by atoms with Gasteiger partial charge in [0.25, 0.3) is 5.91 Å². The highest BCUT2D eigenvalue weighted by Gasteiger charge is 2.42. The molecule has 2 rings (SSSR count). The van der Waals surface area contributed by atoms with Crippen LogP contribution in [0.4, 0.5) is 10.5 Å². The van der Waals surface area contributed by atoms with E-state index in [4.69, 9.17) is 16.3 Å². The lowest BCUT2D eigenvalue weighted by Gasteiger charge is -2.44. The fourth-order valence-electron chi connectivity index (χ4n) is 3.76. The number of alkyl carbamates (subject to hydrolysis) is 1. The molecule has 2 aromatic rings. The summed E-state index contributed by atoms with van der Waals surface area (Å²) in [5.41, 5.74) is 0.157. The van der Waals surface area contributed by atoms with Gasteiger partial charge in [0.05, 0.1) is 10.7 Å². The number of aryl methyl sites for hydroxylation is 1. The first-order valence-electron chi connectivity index (χ1n) is 12.2. The molecule has 0 spiro atoms. The standard InChI is InChI=1S/C28H38ClN3O5/c1-9-28(7,8)32(25(35)18(3)30-26(36)37-27(4,5)6)23(19-13-15-20(33)16-14-19)24(34)31-22-17(2)11-10-12-21(22)29/h10-16,18,23,33H,9H2,1-8H3,(H,30,36)(H,31,34). The smallest absolute Gasteiger partial charge is 0.408 e. The van der Waals surface area contributed by atoms with Gasteiger partial charge in [0.1, 0.15) is 23.4 Å². The minimum absolute atomic E-state index is 0.0254. The summed E-state index contributed by atoms with van der Waals surface area (Å²) in [6.07, 6.45) is -0.217. The fourth-order valence-corrected chi connectivity index (χ4v) is 4.03. The van der Waals surface area contributed by atoms with Gasteiger partial charge in [-0.3, -0.25) is 9.59 Å². The van der Waals surface area contributed by atoms with Crippen molar-refractivity contribution in [1.29, 1.82) is 0 Å². The Kier molecular flexibility index (Phi) is 9.60. The number of ether oxygens (including phenoxy) is 1. The van der Waals surface area contributed by atoms with E-state index in [-0.39, 0.29) is 5.75 Å². The summed E-state index contributed by atoms with van der Waals surface area (Å²) >= 11 is 6.38. The third kappa shape index (κ3) is 7.86. The van der Waals surface area contributed by atoms with Crippen LogP contribution >= 0.6 is 11.6 Å². The van der Waals surface area contributed by atoms with Crippen LogP contribution in [0.1, 0.15) is 72.1 Å². The van der Waals surface area contributed by atoms with E-state index in [2.05, 4.69) is 10.6 Å². The Morgan fingerprint density at radius 2 is 1.65 bits per heavy atom. The van der Waals surface area contributed by atoms with E-state index in [1.165, 1.54) is 17.0 Å². The predicted molar refractivity (Wildman–Crippen MR) is 146 cm³/mol. The lowest BCUT2D eigenvalue weighted by Crippen LogP contribution is -2.58. The summed E-state index contributed by atoms with van der Waals surface area (Å²) in [5.74, 6) is -0.930. The van der Waals surface area contributed by atoms with Crippen molar-refractivity contribution in [3.8, 4) is 5.75 Å². The molecule has 0 saturated carbocycles. The number of benzene rings is 2. The number of rotatable bonds is 8. The van der Waals surface area contributed by atoms with E-state index >= 15 is 0 Å². The second-order valence-electron chi connectivity index (χ2n) is 10.7. The number of nitrogens with zero attached hydrogens (tertiary/aromatic N) is 1. The number of hydrogen-bond donors (Lipinski definition) is 3. The summed E-state index contributed by atoms with van der Waals surface area (Å²) in [5, 5.41) is 15.7. The number of carbonyl (C=O) groups excluding carboxylic acids is 3. The van der Waals surface area contributed by atoms with E-state index < -0.39 is 41.1 Å². The molecule has 2 atom stereocenters. The van der Waals surface area contributed by atoms with Gasteiger partial charge in [-0.2, -0.15) is 0 Å². The molecule has 3 N–H and O–H groups in total. The molecule has 37 heavy (non-hydrogen) atoms. The number of amides is 3. The Bertz CT molecular complexity index is 1110. The van der Waals surface area contributed by atoms with E-state index in [1.54, 1.807) is 52.0 Å². The van der Waals surface area contributed by atoms with Gasteiger partial charge in [0, 0.05) is 5.54 Å². The van der Waals surface area contributed by atoms with E-state index in [1.807, 2.05) is 33.8 Å². The Morgan fingerprint density at radius 3 is 2.16 bits per heavy atom. The number of hydrogen-bond acceptors (Lipinski definition) is 5. The highest BCUT2D eigenvalue weighted by molar-refractivity contribution is 6.34. The average Bonchev–Trinajstić information content (AvgIpc) is 2.78. The largest absolute Gasteiger partial charge is 0.508 e. The molecule has 2 aromatic carbocycles. The molecule has 0 aliphatic rings. The van der Waals surface area contributed by atoms with Gasteiger partial charge >= 0.3 is 6.09 Å². The zero-order chi connectivity index (χ0) is 28.1. The minimum Gasteiger partial charge on any atom is -0.508 e. The Hall–Kier alpha value is -3.26. The summed E-state index contributed by atoms with van der Waals surface area (Å²) < 4.78 is 5.32. The van der Waals surface area contributed by atoms with Crippen molar-refractivity contribution in [3.05, 3.63) is 58.6 Å². The first-order valence-corrected chi connectivity index (χ1v) is 12.6. The number of nitrogens with one attached hydrogen (secondary N) is 2. The lowest BCUT2D eigenvalue weighted by molar-refractivity contribution is -0.147. The number of phenolic OH excluding ortho intramolecular Hbond substituents is 1. The van der Waals surface area contributed by atoms with Crippen LogP contribution in [0.2, 0.25) is 5.02 Å². The average molecular weight is 532 g/mol. The number of halogens is 1. The van der Waals surface area contributed by atoms with Crippen molar-refractivity contribution < 1.29 is 24.2 Å². The fraction of sp³-hybridized carbons (Fsp3) is 0.464. The van der Waals surface area contributed by atoms with Gasteiger partial charge in [-0.05, 0) is 84.2 Å². The minimum atomic E-state index is -1.10. The Labute approximate surface area is 224 Å². The van der Waals surface area contributed by atoms with Crippen LogP contribution in [0.3, 0.4) is 0 Å². The third-order valence-corrected chi connectivity index (χ3v) is 6.36. The Balaban J connectivity index is 2.57. The number of carbonyl (C=O) groups is 3. The van der Waals surface area contributed by atoms with Crippen molar-refractivity contribution in [1.82, 2.24) is 10.2 Å². The zero-order valence-electron chi connectivity index (χ0n) is 22.8. The molecule has 0 radical (unpaired) electrons. The van der Waals surface area contributed by atoms with Crippen molar-refractivity contribution in [2.75, 3.05) is 5.32 Å². The SMILES string of the molecule is CCC(C)(C)N(C(=O)C(C)NC(=O)OC(C)(C)C)C(C(=O)Nc1c(C)cccc1Cl)c1ccc(O)cc1. The van der Waals surface area contributed by atoms with Gasteiger partial charge < -0.3 is 25.4 Å². The molecular weight excluding hydrogens is 494 g/mol. The predicted octanol–water partition coefficient (Wildman–Crippen LogP) is 5.96. The second-order valence-corrected chi connectivity index (χ2v) is 11.1. The molecule has 0 heterocycles. The highest BCUT2D eigenvalue weighted by atomic mass is 35.5. The molecule has 0 fully saturated rings. The molecule has 0 bridgehead atoms. The molecule has 0 aromatic heterocycles. The van der Waals surface area contributed by atoms with Crippen LogP contribution in [0.15, 0.2) is 42.5 Å². The van der Waals surface area contributed by atoms with Crippen LogP contribution < -0.4 is 10.6 Å². The van der Waals surface area contributed by atoms with Crippen LogP contribution in [0.5, 0.6) is 5.75 Å². The molecule has 2 unspecified atom stereocenters. The van der Waals surface area contributed by atoms with Crippen LogP contribution in [-0.4, -0.2) is 45.1 Å². The van der Waals surface area contributed by atoms with E-state index in [0.717, 1.165) is 5.56 Å². The van der Waals surface area contributed by atoms with Crippen molar-refractivity contribution in [3.63, 3.8) is 0 Å². The van der Waals surface area contributed by atoms with Gasteiger partial charge in [-0.15, -0.1) is 0 Å². The molecule has 9 heteroatoms.